The van der Waals surface area contributed by atoms with E-state index < -0.39 is 0 Å². The first-order chi connectivity index (χ1) is 13.2. The maximum Gasteiger partial charge on any atom is 0.275 e. The van der Waals surface area contributed by atoms with Gasteiger partial charge in [0.2, 0.25) is 0 Å². The molecule has 0 saturated carbocycles. The molecule has 2 aromatic carbocycles. The average Bonchev–Trinajstić information content (AvgIpc) is 3.22. The standard InChI is InChI=1S/C22H24N2O2S/c1-24(14-15-26-19-11-6-3-7-12-19)17-21(25)23-22(20-13-8-16-27-20)18-9-4-2-5-10-18/h2-13,16,22H,14-15,17H2,1H3,(H,23,25)/p+1/t22-/m0/s1. The summed E-state index contributed by atoms with van der Waals surface area (Å²) in [5, 5.41) is 5.22. The number of hydrogen-bond donors (Lipinski definition) is 2. The Hall–Kier alpha value is -2.63. The first kappa shape index (κ1) is 19.1. The monoisotopic (exact) mass is 381 g/mol. The van der Waals surface area contributed by atoms with Crippen LogP contribution in [0.2, 0.25) is 0 Å². The Morgan fingerprint density at radius 1 is 1.04 bits per heavy atom. The number of likely N-dealkylation sites (N-methyl/N-ethyl adjacent to an activating group) is 1. The molecule has 0 aliphatic rings. The van der Waals surface area contributed by atoms with Crippen molar-refractivity contribution < 1.29 is 14.4 Å². The average molecular weight is 382 g/mol. The van der Waals surface area contributed by atoms with Gasteiger partial charge < -0.3 is 15.0 Å². The lowest BCUT2D eigenvalue weighted by atomic mass is 10.1. The van der Waals surface area contributed by atoms with Gasteiger partial charge in [-0.25, -0.2) is 0 Å². The smallest absolute Gasteiger partial charge is 0.275 e. The number of hydrogen-bond acceptors (Lipinski definition) is 3. The number of para-hydroxylation sites is 1. The number of benzene rings is 2. The predicted molar refractivity (Wildman–Crippen MR) is 109 cm³/mol. The fourth-order valence-corrected chi connectivity index (χ4v) is 3.66. The lowest BCUT2D eigenvalue weighted by Crippen LogP contribution is -3.10. The third kappa shape index (κ3) is 5.94. The summed E-state index contributed by atoms with van der Waals surface area (Å²) >= 11 is 1.66. The zero-order valence-electron chi connectivity index (χ0n) is 15.4. The Bertz CT molecular complexity index is 807. The molecule has 27 heavy (non-hydrogen) atoms. The summed E-state index contributed by atoms with van der Waals surface area (Å²) in [5.41, 5.74) is 1.10. The van der Waals surface area contributed by atoms with Gasteiger partial charge in [0.1, 0.15) is 18.9 Å². The van der Waals surface area contributed by atoms with Crippen molar-refractivity contribution in [1.82, 2.24) is 5.32 Å². The maximum absolute atomic E-state index is 12.6. The minimum Gasteiger partial charge on any atom is -0.488 e. The summed E-state index contributed by atoms with van der Waals surface area (Å²) in [4.78, 5) is 14.8. The molecule has 0 aliphatic carbocycles. The first-order valence-corrected chi connectivity index (χ1v) is 9.97. The summed E-state index contributed by atoms with van der Waals surface area (Å²) in [6.07, 6.45) is 0. The van der Waals surface area contributed by atoms with Crippen LogP contribution >= 0.6 is 11.3 Å². The zero-order valence-corrected chi connectivity index (χ0v) is 16.2. The molecule has 0 spiro atoms. The van der Waals surface area contributed by atoms with Crippen LogP contribution in [-0.2, 0) is 4.79 Å². The summed E-state index contributed by atoms with van der Waals surface area (Å²) in [5.74, 6) is 0.894. The minimum atomic E-state index is -0.105. The van der Waals surface area contributed by atoms with Gasteiger partial charge in [0.05, 0.1) is 13.1 Å². The van der Waals surface area contributed by atoms with Crippen molar-refractivity contribution in [2.45, 2.75) is 6.04 Å². The molecule has 140 valence electrons. The highest BCUT2D eigenvalue weighted by Gasteiger charge is 2.19. The van der Waals surface area contributed by atoms with E-state index >= 15 is 0 Å². The molecule has 0 fully saturated rings. The highest BCUT2D eigenvalue weighted by molar-refractivity contribution is 7.10. The molecule has 3 rings (SSSR count). The van der Waals surface area contributed by atoms with Crippen molar-refractivity contribution >= 4 is 17.2 Å². The van der Waals surface area contributed by atoms with Crippen LogP contribution in [0, 0.1) is 0 Å². The highest BCUT2D eigenvalue weighted by atomic mass is 32.1. The van der Waals surface area contributed by atoms with Crippen molar-refractivity contribution in [2.75, 3.05) is 26.7 Å². The van der Waals surface area contributed by atoms with Gasteiger partial charge in [0, 0.05) is 4.88 Å². The Balaban J connectivity index is 1.51. The van der Waals surface area contributed by atoms with Crippen LogP contribution in [0.25, 0.3) is 0 Å². The molecule has 2 N–H and O–H groups in total. The summed E-state index contributed by atoms with van der Waals surface area (Å²) in [6.45, 7) is 1.75. The van der Waals surface area contributed by atoms with Crippen LogP contribution < -0.4 is 15.0 Å². The van der Waals surface area contributed by atoms with Gasteiger partial charge in [-0.15, -0.1) is 11.3 Å². The molecular formula is C22H25N2O2S+. The Morgan fingerprint density at radius 3 is 2.41 bits per heavy atom. The van der Waals surface area contributed by atoms with Gasteiger partial charge in [0.15, 0.2) is 6.54 Å². The van der Waals surface area contributed by atoms with Crippen LogP contribution in [0.3, 0.4) is 0 Å². The molecule has 1 heterocycles. The van der Waals surface area contributed by atoms with E-state index in [4.69, 9.17) is 4.74 Å². The zero-order chi connectivity index (χ0) is 18.9. The van der Waals surface area contributed by atoms with E-state index in [1.807, 2.05) is 67.0 Å². The molecule has 1 unspecified atom stereocenters. The molecule has 3 aromatic rings. The largest absolute Gasteiger partial charge is 0.488 e. The summed E-state index contributed by atoms with van der Waals surface area (Å²) in [7, 11) is 2.01. The molecule has 0 radical (unpaired) electrons. The van der Waals surface area contributed by atoms with Gasteiger partial charge in [-0.3, -0.25) is 4.79 Å². The lowest BCUT2D eigenvalue weighted by Gasteiger charge is -2.20. The van der Waals surface area contributed by atoms with Crippen LogP contribution in [0.4, 0.5) is 0 Å². The van der Waals surface area contributed by atoms with E-state index in [-0.39, 0.29) is 11.9 Å². The predicted octanol–water partition coefficient (Wildman–Crippen LogP) is 2.55. The van der Waals surface area contributed by atoms with Gasteiger partial charge in [0.25, 0.3) is 5.91 Å². The van der Waals surface area contributed by atoms with Gasteiger partial charge in [-0.1, -0.05) is 54.6 Å². The van der Waals surface area contributed by atoms with E-state index in [0.717, 1.165) is 27.6 Å². The number of quaternary nitrogens is 1. The van der Waals surface area contributed by atoms with Crippen molar-refractivity contribution in [3.63, 3.8) is 0 Å². The van der Waals surface area contributed by atoms with Crippen LogP contribution in [-0.4, -0.2) is 32.7 Å². The van der Waals surface area contributed by atoms with E-state index in [2.05, 4.69) is 23.5 Å². The lowest BCUT2D eigenvalue weighted by molar-refractivity contribution is -0.871. The molecule has 0 aliphatic heterocycles. The normalized spacial score (nSPS) is 12.9. The Morgan fingerprint density at radius 2 is 1.74 bits per heavy atom. The molecule has 0 saturated heterocycles. The van der Waals surface area contributed by atoms with Gasteiger partial charge >= 0.3 is 0 Å². The fraction of sp³-hybridized carbons (Fsp3) is 0.227. The van der Waals surface area contributed by atoms with Crippen LogP contribution in [0.1, 0.15) is 16.5 Å². The number of carbonyl (C=O) groups is 1. The topological polar surface area (TPSA) is 42.8 Å². The molecule has 1 aromatic heterocycles. The second-order valence-electron chi connectivity index (χ2n) is 6.47. The van der Waals surface area contributed by atoms with E-state index in [1.165, 1.54) is 0 Å². The first-order valence-electron chi connectivity index (χ1n) is 9.09. The van der Waals surface area contributed by atoms with Crippen molar-refractivity contribution in [1.29, 1.82) is 0 Å². The number of carbonyl (C=O) groups excluding carboxylic acids is 1. The molecule has 2 atom stereocenters. The summed E-state index contributed by atoms with van der Waals surface area (Å²) < 4.78 is 5.72. The van der Waals surface area contributed by atoms with Gasteiger partial charge in [-0.05, 0) is 29.1 Å². The molecule has 1 amide bonds. The van der Waals surface area contributed by atoms with E-state index in [0.29, 0.717) is 13.2 Å². The second-order valence-corrected chi connectivity index (χ2v) is 7.45. The van der Waals surface area contributed by atoms with Gasteiger partial charge in [-0.2, -0.15) is 0 Å². The third-order valence-corrected chi connectivity index (χ3v) is 5.21. The Kier molecular flexibility index (Phi) is 7.02. The maximum atomic E-state index is 12.6. The fourth-order valence-electron chi connectivity index (χ4n) is 2.85. The number of amides is 1. The highest BCUT2D eigenvalue weighted by Crippen LogP contribution is 2.25. The second kappa shape index (κ2) is 9.90. The van der Waals surface area contributed by atoms with Crippen molar-refractivity contribution in [2.24, 2.45) is 0 Å². The van der Waals surface area contributed by atoms with Crippen LogP contribution in [0.15, 0.2) is 78.2 Å². The minimum absolute atomic E-state index is 0.0365. The number of ether oxygens (including phenoxy) is 1. The molecule has 5 heteroatoms. The number of nitrogens with one attached hydrogen (secondary N) is 2. The number of rotatable bonds is 9. The SMILES string of the molecule is C[NH+](CCOc1ccccc1)CC(=O)N[C@@H](c1ccccc1)c1cccs1. The van der Waals surface area contributed by atoms with E-state index in [1.54, 1.807) is 11.3 Å². The third-order valence-electron chi connectivity index (χ3n) is 4.27. The quantitative estimate of drug-likeness (QED) is 0.598. The summed E-state index contributed by atoms with van der Waals surface area (Å²) in [6, 6.07) is 23.8. The Labute approximate surface area is 164 Å². The molecule has 4 nitrogen and oxygen atoms in total. The van der Waals surface area contributed by atoms with Crippen molar-refractivity contribution in [3.05, 3.63) is 88.6 Å². The molecular weight excluding hydrogens is 356 g/mol. The molecule has 0 bridgehead atoms. The van der Waals surface area contributed by atoms with E-state index in [9.17, 15) is 4.79 Å². The van der Waals surface area contributed by atoms with Crippen molar-refractivity contribution in [3.8, 4) is 5.75 Å². The van der Waals surface area contributed by atoms with Crippen LogP contribution in [0.5, 0.6) is 5.75 Å². The number of thiophene rings is 1.